The Bertz CT molecular complexity index is 1390. The first-order valence-corrected chi connectivity index (χ1v) is 12.3. The number of amides is 1. The highest BCUT2D eigenvalue weighted by Crippen LogP contribution is 2.33. The number of amidine groups is 1. The monoisotopic (exact) mass is 529 g/mol. The summed E-state index contributed by atoms with van der Waals surface area (Å²) in [6.45, 7) is 0.0350. The van der Waals surface area contributed by atoms with Crippen LogP contribution in [0.1, 0.15) is 22.3 Å². The zero-order valence-corrected chi connectivity index (χ0v) is 21.9. The number of carbonyl (C=O) groups is 1. The minimum atomic E-state index is 0.0350. The molecule has 1 aromatic heterocycles. The SMILES string of the molecule is COc1ccc(Cc2ccnc(Cl)c2N=C(COc2ccc(Cc3ccccc3)cc2)NC=O)c(OC)c1. The second kappa shape index (κ2) is 13.3. The van der Waals surface area contributed by atoms with E-state index in [0.717, 1.165) is 17.5 Å². The number of halogens is 1. The molecule has 0 radical (unpaired) electrons. The van der Waals surface area contributed by atoms with Crippen molar-refractivity contribution in [2.24, 2.45) is 4.99 Å². The fourth-order valence-corrected chi connectivity index (χ4v) is 4.14. The first-order chi connectivity index (χ1) is 18.6. The van der Waals surface area contributed by atoms with Gasteiger partial charge >= 0.3 is 0 Å². The number of aliphatic imine (C=N–C) groups is 1. The fourth-order valence-electron chi connectivity index (χ4n) is 3.92. The van der Waals surface area contributed by atoms with Gasteiger partial charge in [-0.25, -0.2) is 9.98 Å². The molecule has 0 atom stereocenters. The number of rotatable bonds is 11. The lowest BCUT2D eigenvalue weighted by atomic mass is 10.0. The number of ether oxygens (including phenoxy) is 3. The average Bonchev–Trinajstić information content (AvgIpc) is 2.95. The number of hydrogen-bond donors (Lipinski definition) is 1. The van der Waals surface area contributed by atoms with Crippen LogP contribution in [-0.4, -0.2) is 38.1 Å². The van der Waals surface area contributed by atoms with Crippen LogP contribution in [0.25, 0.3) is 0 Å². The summed E-state index contributed by atoms with van der Waals surface area (Å²) in [7, 11) is 3.21. The predicted octanol–water partition coefficient (Wildman–Crippen LogP) is 5.79. The van der Waals surface area contributed by atoms with E-state index in [-0.39, 0.29) is 11.8 Å². The van der Waals surface area contributed by atoms with E-state index in [9.17, 15) is 4.79 Å². The van der Waals surface area contributed by atoms with Crippen molar-refractivity contribution in [2.75, 3.05) is 20.8 Å². The van der Waals surface area contributed by atoms with Gasteiger partial charge in [0, 0.05) is 18.7 Å². The van der Waals surface area contributed by atoms with Gasteiger partial charge in [0.15, 0.2) is 5.15 Å². The number of carbonyl (C=O) groups excluding carboxylic acids is 1. The molecule has 0 aliphatic carbocycles. The van der Waals surface area contributed by atoms with Crippen molar-refractivity contribution in [3.05, 3.63) is 112 Å². The molecule has 194 valence electrons. The Morgan fingerprint density at radius 1 is 0.895 bits per heavy atom. The lowest BCUT2D eigenvalue weighted by Crippen LogP contribution is -2.28. The van der Waals surface area contributed by atoms with Gasteiger partial charge in [-0.3, -0.25) is 4.79 Å². The molecular formula is C30H28ClN3O4. The molecule has 0 saturated heterocycles. The number of pyridine rings is 1. The summed E-state index contributed by atoms with van der Waals surface area (Å²) in [5.41, 5.74) is 4.58. The van der Waals surface area contributed by atoms with E-state index in [2.05, 4.69) is 27.4 Å². The number of aromatic nitrogens is 1. The van der Waals surface area contributed by atoms with Crippen LogP contribution in [-0.2, 0) is 17.6 Å². The summed E-state index contributed by atoms with van der Waals surface area (Å²) in [6.07, 6.45) is 3.49. The summed E-state index contributed by atoms with van der Waals surface area (Å²) in [5, 5.41) is 2.83. The van der Waals surface area contributed by atoms with E-state index in [1.54, 1.807) is 20.4 Å². The molecule has 7 nitrogen and oxygen atoms in total. The van der Waals surface area contributed by atoms with E-state index in [1.165, 1.54) is 11.1 Å². The van der Waals surface area contributed by atoms with Gasteiger partial charge in [0.2, 0.25) is 6.41 Å². The van der Waals surface area contributed by atoms with Crippen LogP contribution in [0.3, 0.4) is 0 Å². The van der Waals surface area contributed by atoms with Crippen LogP contribution in [0, 0.1) is 0 Å². The first-order valence-electron chi connectivity index (χ1n) is 12.0. The molecule has 4 aromatic rings. The first kappa shape index (κ1) is 26.7. The van der Waals surface area contributed by atoms with Crippen LogP contribution in [0.2, 0.25) is 5.15 Å². The Morgan fingerprint density at radius 2 is 1.63 bits per heavy atom. The highest BCUT2D eigenvalue weighted by molar-refractivity contribution is 6.32. The van der Waals surface area contributed by atoms with Crippen molar-refractivity contribution >= 4 is 29.5 Å². The molecule has 1 amide bonds. The van der Waals surface area contributed by atoms with Gasteiger partial charge in [0.1, 0.15) is 35.4 Å². The summed E-state index contributed by atoms with van der Waals surface area (Å²) >= 11 is 6.44. The highest BCUT2D eigenvalue weighted by atomic mass is 35.5. The van der Waals surface area contributed by atoms with Crippen LogP contribution in [0.15, 0.2) is 90.1 Å². The lowest BCUT2D eigenvalue weighted by molar-refractivity contribution is -0.108. The van der Waals surface area contributed by atoms with Crippen LogP contribution in [0.5, 0.6) is 17.2 Å². The second-order valence-electron chi connectivity index (χ2n) is 8.38. The Hall–Kier alpha value is -4.36. The zero-order chi connectivity index (χ0) is 26.7. The normalized spacial score (nSPS) is 11.1. The van der Waals surface area contributed by atoms with Gasteiger partial charge in [-0.2, -0.15) is 0 Å². The number of benzene rings is 3. The lowest BCUT2D eigenvalue weighted by Gasteiger charge is -2.13. The summed E-state index contributed by atoms with van der Waals surface area (Å²) in [6, 6.07) is 25.5. The van der Waals surface area contributed by atoms with Crippen molar-refractivity contribution in [1.29, 1.82) is 0 Å². The number of hydrogen-bond acceptors (Lipinski definition) is 6. The topological polar surface area (TPSA) is 82.0 Å². The second-order valence-corrected chi connectivity index (χ2v) is 8.74. The van der Waals surface area contributed by atoms with E-state index in [0.29, 0.717) is 41.6 Å². The molecule has 0 aliphatic rings. The van der Waals surface area contributed by atoms with Crippen LogP contribution in [0.4, 0.5) is 5.69 Å². The standard InChI is InChI=1S/C30H28ClN3O4/c1-36-26-13-10-23(27(18-26)37-2)17-24-14-15-32-30(31)29(24)34-28(33-20-35)19-38-25-11-8-22(9-12-25)16-21-6-4-3-5-7-21/h3-15,18,20H,16-17,19H2,1-2H3,(H,33,34,35). The van der Waals surface area contributed by atoms with E-state index in [4.69, 9.17) is 25.8 Å². The minimum absolute atomic E-state index is 0.0350. The maximum absolute atomic E-state index is 11.3. The Morgan fingerprint density at radius 3 is 2.34 bits per heavy atom. The quantitative estimate of drug-likeness (QED) is 0.115. The van der Waals surface area contributed by atoms with Gasteiger partial charge in [0.05, 0.1) is 14.2 Å². The third-order valence-corrected chi connectivity index (χ3v) is 6.14. The van der Waals surface area contributed by atoms with Crippen molar-refractivity contribution in [1.82, 2.24) is 10.3 Å². The van der Waals surface area contributed by atoms with Crippen molar-refractivity contribution < 1.29 is 19.0 Å². The molecule has 0 unspecified atom stereocenters. The van der Waals surface area contributed by atoms with Gasteiger partial charge in [-0.05, 0) is 52.9 Å². The zero-order valence-electron chi connectivity index (χ0n) is 21.2. The molecule has 0 fully saturated rings. The minimum Gasteiger partial charge on any atom is -0.497 e. The Kier molecular flexibility index (Phi) is 9.32. The largest absolute Gasteiger partial charge is 0.497 e. The number of nitrogens with zero attached hydrogens (tertiary/aromatic N) is 2. The van der Waals surface area contributed by atoms with Gasteiger partial charge < -0.3 is 19.5 Å². The summed E-state index contributed by atoms with van der Waals surface area (Å²) < 4.78 is 16.7. The van der Waals surface area contributed by atoms with Gasteiger partial charge in [-0.15, -0.1) is 0 Å². The molecule has 0 bridgehead atoms. The molecular weight excluding hydrogens is 502 g/mol. The van der Waals surface area contributed by atoms with Crippen molar-refractivity contribution in [2.45, 2.75) is 12.8 Å². The predicted molar refractivity (Wildman–Crippen MR) is 149 cm³/mol. The van der Waals surface area contributed by atoms with E-state index >= 15 is 0 Å². The molecule has 3 aromatic carbocycles. The molecule has 38 heavy (non-hydrogen) atoms. The van der Waals surface area contributed by atoms with Gasteiger partial charge in [-0.1, -0.05) is 60.1 Å². The third-order valence-electron chi connectivity index (χ3n) is 5.86. The smallest absolute Gasteiger partial charge is 0.212 e. The summed E-state index contributed by atoms with van der Waals surface area (Å²) in [4.78, 5) is 20.1. The molecule has 8 heteroatoms. The Labute approximate surface area is 227 Å². The Balaban J connectivity index is 1.51. The maximum Gasteiger partial charge on any atom is 0.212 e. The van der Waals surface area contributed by atoms with Crippen LogP contribution < -0.4 is 19.5 Å². The molecule has 0 spiro atoms. The van der Waals surface area contributed by atoms with Crippen molar-refractivity contribution in [3.63, 3.8) is 0 Å². The maximum atomic E-state index is 11.3. The molecule has 1 heterocycles. The van der Waals surface area contributed by atoms with Gasteiger partial charge in [0.25, 0.3) is 0 Å². The number of nitrogens with one attached hydrogen (secondary N) is 1. The van der Waals surface area contributed by atoms with Crippen LogP contribution >= 0.6 is 11.6 Å². The number of methoxy groups -OCH3 is 2. The van der Waals surface area contributed by atoms with E-state index in [1.807, 2.05) is 66.7 Å². The third kappa shape index (κ3) is 7.11. The highest BCUT2D eigenvalue weighted by Gasteiger charge is 2.14. The molecule has 0 aliphatic heterocycles. The van der Waals surface area contributed by atoms with Crippen molar-refractivity contribution in [3.8, 4) is 17.2 Å². The molecule has 4 rings (SSSR count). The fraction of sp³-hybridized carbons (Fsp3) is 0.167. The molecule has 1 N–H and O–H groups in total. The van der Waals surface area contributed by atoms with E-state index < -0.39 is 0 Å². The average molecular weight is 530 g/mol. The summed E-state index contributed by atoms with van der Waals surface area (Å²) in [5.74, 6) is 2.32. The molecule has 0 saturated carbocycles.